The number of rotatable bonds is 4. The zero-order valence-corrected chi connectivity index (χ0v) is 11.6. The number of likely N-dealkylation sites (tertiary alicyclic amines) is 1. The van der Waals surface area contributed by atoms with Crippen molar-refractivity contribution in [1.82, 2.24) is 9.88 Å². The van der Waals surface area contributed by atoms with Crippen molar-refractivity contribution in [2.45, 2.75) is 19.4 Å². The van der Waals surface area contributed by atoms with Crippen molar-refractivity contribution in [1.29, 1.82) is 0 Å². The van der Waals surface area contributed by atoms with Gasteiger partial charge in [0.15, 0.2) is 0 Å². The van der Waals surface area contributed by atoms with Crippen LogP contribution in [-0.4, -0.2) is 29.5 Å². The monoisotopic (exact) mass is 271 g/mol. The van der Waals surface area contributed by atoms with Gasteiger partial charge in [-0.1, -0.05) is 18.2 Å². The van der Waals surface area contributed by atoms with Gasteiger partial charge in [-0.2, -0.15) is 0 Å². The fraction of sp³-hybridized carbons (Fsp3) is 0.438. The minimum absolute atomic E-state index is 0.0172. The van der Waals surface area contributed by atoms with E-state index in [4.69, 9.17) is 5.73 Å². The average Bonchev–Trinajstić information content (AvgIpc) is 2.86. The average molecular weight is 271 g/mol. The van der Waals surface area contributed by atoms with Crippen LogP contribution < -0.4 is 11.3 Å². The van der Waals surface area contributed by atoms with Crippen molar-refractivity contribution in [2.75, 3.05) is 19.6 Å². The highest BCUT2D eigenvalue weighted by atomic mass is 16.1. The van der Waals surface area contributed by atoms with E-state index in [1.165, 1.54) is 6.42 Å². The molecule has 2 heterocycles. The van der Waals surface area contributed by atoms with E-state index in [1.54, 1.807) is 6.07 Å². The van der Waals surface area contributed by atoms with Gasteiger partial charge >= 0.3 is 0 Å². The second-order valence-electron chi connectivity index (χ2n) is 5.67. The predicted octanol–water partition coefficient (Wildman–Crippen LogP) is 1.70. The summed E-state index contributed by atoms with van der Waals surface area (Å²) < 4.78 is 0. The molecule has 0 amide bonds. The number of pyridine rings is 1. The van der Waals surface area contributed by atoms with Crippen LogP contribution in [0.3, 0.4) is 0 Å². The molecular weight excluding hydrogens is 250 g/mol. The maximum Gasteiger partial charge on any atom is 0.248 e. The molecule has 1 aromatic carbocycles. The van der Waals surface area contributed by atoms with Crippen LogP contribution in [0, 0.1) is 5.92 Å². The van der Waals surface area contributed by atoms with E-state index in [9.17, 15) is 4.79 Å². The van der Waals surface area contributed by atoms with E-state index in [0.717, 1.165) is 49.1 Å². The third-order valence-electron chi connectivity index (χ3n) is 4.18. The lowest BCUT2D eigenvalue weighted by Gasteiger charge is -2.17. The summed E-state index contributed by atoms with van der Waals surface area (Å²) in [5.41, 5.74) is 7.67. The van der Waals surface area contributed by atoms with Gasteiger partial charge in [-0.15, -0.1) is 0 Å². The third-order valence-corrected chi connectivity index (χ3v) is 4.18. The molecule has 1 aliphatic heterocycles. The van der Waals surface area contributed by atoms with Crippen molar-refractivity contribution in [3.63, 3.8) is 0 Å². The highest BCUT2D eigenvalue weighted by Gasteiger charge is 2.22. The molecule has 3 rings (SSSR count). The summed E-state index contributed by atoms with van der Waals surface area (Å²) in [4.78, 5) is 17.1. The van der Waals surface area contributed by atoms with Crippen molar-refractivity contribution in [2.24, 2.45) is 11.7 Å². The highest BCUT2D eigenvalue weighted by Crippen LogP contribution is 2.23. The number of benzene rings is 1. The van der Waals surface area contributed by atoms with Gasteiger partial charge in [0, 0.05) is 30.1 Å². The maximum atomic E-state index is 11.8. The lowest BCUT2D eigenvalue weighted by molar-refractivity contribution is 0.315. The van der Waals surface area contributed by atoms with Gasteiger partial charge in [0.05, 0.1) is 0 Å². The molecule has 4 heteroatoms. The van der Waals surface area contributed by atoms with Gasteiger partial charge in [-0.25, -0.2) is 0 Å². The van der Waals surface area contributed by atoms with Crippen molar-refractivity contribution in [3.05, 3.63) is 46.2 Å². The fourth-order valence-electron chi connectivity index (χ4n) is 3.18. The molecule has 0 aliphatic carbocycles. The van der Waals surface area contributed by atoms with Gasteiger partial charge in [0.2, 0.25) is 5.56 Å². The van der Waals surface area contributed by atoms with Crippen LogP contribution >= 0.6 is 0 Å². The Morgan fingerprint density at radius 3 is 3.05 bits per heavy atom. The van der Waals surface area contributed by atoms with E-state index in [1.807, 2.05) is 18.2 Å². The van der Waals surface area contributed by atoms with Gasteiger partial charge < -0.3 is 10.7 Å². The van der Waals surface area contributed by atoms with Crippen LogP contribution in [-0.2, 0) is 6.54 Å². The number of para-hydroxylation sites is 1. The Morgan fingerprint density at radius 2 is 2.20 bits per heavy atom. The minimum Gasteiger partial charge on any atom is -0.330 e. The van der Waals surface area contributed by atoms with Crippen molar-refractivity contribution in [3.8, 4) is 0 Å². The fourth-order valence-corrected chi connectivity index (χ4v) is 3.18. The summed E-state index contributed by atoms with van der Waals surface area (Å²) in [6, 6.07) is 9.74. The Balaban J connectivity index is 1.83. The SMILES string of the molecule is NCCC1CCN(Cc2cc(=O)[nH]c3ccccc23)C1. The minimum atomic E-state index is -0.0172. The molecule has 1 aliphatic rings. The molecule has 1 saturated heterocycles. The van der Waals surface area contributed by atoms with Crippen LogP contribution in [0.4, 0.5) is 0 Å². The second kappa shape index (κ2) is 5.77. The molecule has 1 unspecified atom stereocenters. The number of aromatic nitrogens is 1. The molecule has 1 fully saturated rings. The normalized spacial score (nSPS) is 19.8. The van der Waals surface area contributed by atoms with E-state index in [-0.39, 0.29) is 5.56 Å². The number of nitrogens with one attached hydrogen (secondary N) is 1. The van der Waals surface area contributed by atoms with E-state index in [0.29, 0.717) is 5.92 Å². The molecule has 4 nitrogen and oxygen atoms in total. The summed E-state index contributed by atoms with van der Waals surface area (Å²) in [6.07, 6.45) is 2.32. The first-order chi connectivity index (χ1) is 9.76. The summed E-state index contributed by atoms with van der Waals surface area (Å²) in [5, 5.41) is 1.15. The predicted molar refractivity (Wildman–Crippen MR) is 81.6 cm³/mol. The first-order valence-electron chi connectivity index (χ1n) is 7.29. The molecule has 3 N–H and O–H groups in total. The Morgan fingerprint density at radius 1 is 1.35 bits per heavy atom. The lowest BCUT2D eigenvalue weighted by atomic mass is 10.1. The van der Waals surface area contributed by atoms with E-state index < -0.39 is 0 Å². The molecule has 0 spiro atoms. The number of hydrogen-bond donors (Lipinski definition) is 2. The van der Waals surface area contributed by atoms with Gasteiger partial charge in [-0.3, -0.25) is 9.69 Å². The quantitative estimate of drug-likeness (QED) is 0.889. The summed E-state index contributed by atoms with van der Waals surface area (Å²) >= 11 is 0. The smallest absolute Gasteiger partial charge is 0.248 e. The number of aromatic amines is 1. The van der Waals surface area contributed by atoms with Crippen LogP contribution in [0.15, 0.2) is 35.1 Å². The Bertz CT molecular complexity index is 649. The second-order valence-corrected chi connectivity index (χ2v) is 5.67. The molecule has 1 atom stereocenters. The molecule has 1 aromatic heterocycles. The lowest BCUT2D eigenvalue weighted by Crippen LogP contribution is -2.22. The van der Waals surface area contributed by atoms with Crippen LogP contribution in [0.2, 0.25) is 0 Å². The highest BCUT2D eigenvalue weighted by molar-refractivity contribution is 5.81. The third kappa shape index (κ3) is 2.76. The molecule has 106 valence electrons. The zero-order valence-electron chi connectivity index (χ0n) is 11.6. The Labute approximate surface area is 118 Å². The number of fused-ring (bicyclic) bond motifs is 1. The summed E-state index contributed by atoms with van der Waals surface area (Å²) in [5.74, 6) is 0.716. The van der Waals surface area contributed by atoms with Crippen LogP contribution in [0.1, 0.15) is 18.4 Å². The Hall–Kier alpha value is -1.65. The molecular formula is C16H21N3O. The molecule has 0 saturated carbocycles. The molecule has 0 radical (unpaired) electrons. The summed E-state index contributed by atoms with van der Waals surface area (Å²) in [6.45, 7) is 3.82. The van der Waals surface area contributed by atoms with E-state index in [2.05, 4.69) is 16.0 Å². The largest absolute Gasteiger partial charge is 0.330 e. The van der Waals surface area contributed by atoms with Gasteiger partial charge in [0.1, 0.15) is 0 Å². The van der Waals surface area contributed by atoms with Crippen LogP contribution in [0.5, 0.6) is 0 Å². The molecule has 20 heavy (non-hydrogen) atoms. The number of nitrogens with zero attached hydrogens (tertiary/aromatic N) is 1. The first-order valence-corrected chi connectivity index (χ1v) is 7.29. The first kappa shape index (κ1) is 13.3. The van der Waals surface area contributed by atoms with Crippen molar-refractivity contribution < 1.29 is 0 Å². The van der Waals surface area contributed by atoms with Crippen molar-refractivity contribution >= 4 is 10.9 Å². The van der Waals surface area contributed by atoms with Crippen LogP contribution in [0.25, 0.3) is 10.9 Å². The topological polar surface area (TPSA) is 62.1 Å². The molecule has 0 bridgehead atoms. The summed E-state index contributed by atoms with van der Waals surface area (Å²) in [7, 11) is 0. The van der Waals surface area contributed by atoms with Gasteiger partial charge in [-0.05, 0) is 43.5 Å². The molecule has 2 aromatic rings. The number of hydrogen-bond acceptors (Lipinski definition) is 3. The number of nitrogens with two attached hydrogens (primary N) is 1. The number of H-pyrrole nitrogens is 1. The van der Waals surface area contributed by atoms with E-state index >= 15 is 0 Å². The Kier molecular flexibility index (Phi) is 3.85. The standard InChI is InChI=1S/C16H21N3O/c17-7-5-12-6-8-19(10-12)11-13-9-16(20)18-15-4-2-1-3-14(13)15/h1-4,9,12H,5-8,10-11,17H2,(H,18,20). The van der Waals surface area contributed by atoms with Gasteiger partial charge in [0.25, 0.3) is 0 Å². The zero-order chi connectivity index (χ0) is 13.9. The maximum absolute atomic E-state index is 11.8.